The Bertz CT molecular complexity index is 665. The van der Waals surface area contributed by atoms with Crippen LogP contribution in [-0.2, 0) is 0 Å². The van der Waals surface area contributed by atoms with Gasteiger partial charge in [0.15, 0.2) is 11.6 Å². The maximum Gasteiger partial charge on any atom is 0.257 e. The second-order valence-electron chi connectivity index (χ2n) is 4.18. The summed E-state index contributed by atoms with van der Waals surface area (Å²) in [6.07, 6.45) is 0. The third-order valence-corrected chi connectivity index (χ3v) is 2.94. The third kappa shape index (κ3) is 2.93. The van der Waals surface area contributed by atoms with E-state index in [1.54, 1.807) is 13.0 Å². The molecule has 0 fully saturated rings. The van der Waals surface area contributed by atoms with Crippen LogP contribution in [0.1, 0.15) is 15.9 Å². The molecule has 20 heavy (non-hydrogen) atoms. The lowest BCUT2D eigenvalue weighted by Crippen LogP contribution is -2.15. The molecule has 0 aliphatic heterocycles. The van der Waals surface area contributed by atoms with Gasteiger partial charge in [-0.05, 0) is 19.1 Å². The molecule has 0 saturated carbocycles. The minimum Gasteiger partial charge on any atom is -0.317 e. The number of nitrogens with one attached hydrogen (secondary N) is 1. The van der Waals surface area contributed by atoms with Gasteiger partial charge < -0.3 is 5.32 Å². The van der Waals surface area contributed by atoms with E-state index in [0.717, 1.165) is 5.56 Å². The summed E-state index contributed by atoms with van der Waals surface area (Å²) in [5, 5.41) is 2.20. The van der Waals surface area contributed by atoms with Crippen molar-refractivity contribution in [3.63, 3.8) is 0 Å². The Balaban J connectivity index is 2.35. The van der Waals surface area contributed by atoms with Crippen LogP contribution in [-0.4, -0.2) is 5.91 Å². The van der Waals surface area contributed by atoms with Crippen molar-refractivity contribution in [3.05, 3.63) is 63.9 Å². The molecule has 0 aromatic heterocycles. The highest BCUT2D eigenvalue weighted by Gasteiger charge is 2.17. The average molecular weight is 300 g/mol. The number of amides is 1. The Morgan fingerprint density at radius 1 is 1.10 bits per heavy atom. The molecule has 1 amide bonds. The first kappa shape index (κ1) is 14.4. The molecule has 0 aliphatic carbocycles. The van der Waals surface area contributed by atoms with Gasteiger partial charge >= 0.3 is 0 Å². The summed E-state index contributed by atoms with van der Waals surface area (Å²) in [6.45, 7) is 1.74. The van der Waals surface area contributed by atoms with Crippen molar-refractivity contribution in [2.24, 2.45) is 0 Å². The zero-order valence-corrected chi connectivity index (χ0v) is 11.1. The molecule has 104 valence electrons. The van der Waals surface area contributed by atoms with E-state index in [-0.39, 0.29) is 10.6 Å². The van der Waals surface area contributed by atoms with E-state index in [9.17, 15) is 18.0 Å². The van der Waals surface area contributed by atoms with Gasteiger partial charge in [-0.2, -0.15) is 0 Å². The first-order valence-corrected chi connectivity index (χ1v) is 5.98. The molecule has 2 nitrogen and oxygen atoms in total. The number of hydrogen-bond donors (Lipinski definition) is 1. The average Bonchev–Trinajstić information content (AvgIpc) is 2.36. The predicted octanol–water partition coefficient (Wildman–Crippen LogP) is 4.32. The van der Waals surface area contributed by atoms with E-state index in [1.807, 2.05) is 0 Å². The van der Waals surface area contributed by atoms with Crippen molar-refractivity contribution in [3.8, 4) is 0 Å². The van der Waals surface area contributed by atoms with Crippen molar-refractivity contribution in [2.75, 3.05) is 5.32 Å². The number of halogens is 4. The minimum absolute atomic E-state index is 0.0785. The van der Waals surface area contributed by atoms with Crippen LogP contribution in [0.4, 0.5) is 18.9 Å². The van der Waals surface area contributed by atoms with Crippen LogP contribution in [0, 0.1) is 24.4 Å². The number of anilines is 1. The smallest absolute Gasteiger partial charge is 0.257 e. The molecule has 0 spiro atoms. The Morgan fingerprint density at radius 2 is 1.70 bits per heavy atom. The number of hydrogen-bond acceptors (Lipinski definition) is 1. The molecule has 6 heteroatoms. The molecule has 0 atom stereocenters. The Morgan fingerprint density at radius 3 is 2.30 bits per heavy atom. The van der Waals surface area contributed by atoms with Crippen molar-refractivity contribution >= 4 is 23.2 Å². The van der Waals surface area contributed by atoms with Crippen LogP contribution in [0.3, 0.4) is 0 Å². The van der Waals surface area contributed by atoms with Crippen LogP contribution in [0.25, 0.3) is 0 Å². The van der Waals surface area contributed by atoms with Crippen LogP contribution >= 0.6 is 11.6 Å². The van der Waals surface area contributed by atoms with Crippen LogP contribution in [0.5, 0.6) is 0 Å². The molecule has 0 aliphatic rings. The number of rotatable bonds is 2. The fraction of sp³-hybridized carbons (Fsp3) is 0.0714. The van der Waals surface area contributed by atoms with E-state index in [0.29, 0.717) is 12.1 Å². The van der Waals surface area contributed by atoms with Crippen molar-refractivity contribution in [1.82, 2.24) is 0 Å². The minimum atomic E-state index is -1.19. The molecule has 2 rings (SSSR count). The highest BCUT2D eigenvalue weighted by molar-refractivity contribution is 6.34. The summed E-state index contributed by atoms with van der Waals surface area (Å²) >= 11 is 5.85. The second-order valence-corrected chi connectivity index (χ2v) is 4.59. The van der Waals surface area contributed by atoms with Gasteiger partial charge in [-0.3, -0.25) is 4.79 Å². The quantitative estimate of drug-likeness (QED) is 0.879. The fourth-order valence-corrected chi connectivity index (χ4v) is 1.86. The normalized spacial score (nSPS) is 10.4. The predicted molar refractivity (Wildman–Crippen MR) is 70.5 cm³/mol. The summed E-state index contributed by atoms with van der Waals surface area (Å²) in [5.41, 5.74) is 0.128. The second kappa shape index (κ2) is 5.54. The lowest BCUT2D eigenvalue weighted by atomic mass is 10.1. The number of carbonyl (C=O) groups is 1. The zero-order valence-electron chi connectivity index (χ0n) is 10.3. The maximum absolute atomic E-state index is 13.4. The largest absolute Gasteiger partial charge is 0.317 e. The summed E-state index contributed by atoms with van der Waals surface area (Å²) in [7, 11) is 0. The number of aryl methyl sites for hydroxylation is 1. The number of benzene rings is 2. The molecule has 2 aromatic carbocycles. The van der Waals surface area contributed by atoms with Crippen LogP contribution < -0.4 is 5.32 Å². The highest BCUT2D eigenvalue weighted by Crippen LogP contribution is 2.23. The molecule has 0 heterocycles. The van der Waals surface area contributed by atoms with Gasteiger partial charge in [-0.25, -0.2) is 13.2 Å². The Labute approximate surface area is 118 Å². The van der Waals surface area contributed by atoms with Gasteiger partial charge in [-0.1, -0.05) is 23.2 Å². The molecular formula is C14H9ClF3NO. The Hall–Kier alpha value is -2.01. The van der Waals surface area contributed by atoms with Gasteiger partial charge in [0.05, 0.1) is 10.6 Å². The fourth-order valence-electron chi connectivity index (χ4n) is 1.66. The molecule has 0 bridgehead atoms. The first-order chi connectivity index (χ1) is 9.38. The van der Waals surface area contributed by atoms with Gasteiger partial charge in [-0.15, -0.1) is 0 Å². The van der Waals surface area contributed by atoms with Gasteiger partial charge in [0.2, 0.25) is 0 Å². The zero-order chi connectivity index (χ0) is 14.9. The highest BCUT2D eigenvalue weighted by atomic mass is 35.5. The summed E-state index contributed by atoms with van der Waals surface area (Å²) < 4.78 is 39.7. The summed E-state index contributed by atoms with van der Waals surface area (Å²) in [5.74, 6) is -4.23. The van der Waals surface area contributed by atoms with E-state index in [1.165, 1.54) is 12.1 Å². The lowest BCUT2D eigenvalue weighted by molar-refractivity contribution is 0.102. The maximum atomic E-state index is 13.4. The van der Waals surface area contributed by atoms with E-state index < -0.39 is 29.0 Å². The summed E-state index contributed by atoms with van der Waals surface area (Å²) in [6, 6.07) is 5.64. The molecule has 0 unspecified atom stereocenters. The van der Waals surface area contributed by atoms with Crippen LogP contribution in [0.2, 0.25) is 5.02 Å². The first-order valence-electron chi connectivity index (χ1n) is 5.60. The van der Waals surface area contributed by atoms with Crippen molar-refractivity contribution in [2.45, 2.75) is 6.92 Å². The summed E-state index contributed by atoms with van der Waals surface area (Å²) in [4.78, 5) is 12.0. The molecule has 0 radical (unpaired) electrons. The van der Waals surface area contributed by atoms with Gasteiger partial charge in [0.25, 0.3) is 5.91 Å². The lowest BCUT2D eigenvalue weighted by Gasteiger charge is -2.09. The SMILES string of the molecule is Cc1ccc(Cl)c(C(=O)Nc2c(F)cc(F)cc2F)c1. The van der Waals surface area contributed by atoms with Crippen molar-refractivity contribution < 1.29 is 18.0 Å². The topological polar surface area (TPSA) is 29.1 Å². The van der Waals surface area contributed by atoms with E-state index in [2.05, 4.69) is 5.32 Å². The van der Waals surface area contributed by atoms with E-state index >= 15 is 0 Å². The molecular weight excluding hydrogens is 291 g/mol. The third-order valence-electron chi connectivity index (χ3n) is 2.61. The van der Waals surface area contributed by atoms with E-state index in [4.69, 9.17) is 11.6 Å². The molecule has 0 saturated heterocycles. The molecule has 1 N–H and O–H groups in total. The van der Waals surface area contributed by atoms with Crippen LogP contribution in [0.15, 0.2) is 30.3 Å². The Kier molecular flexibility index (Phi) is 3.99. The van der Waals surface area contributed by atoms with Gasteiger partial charge in [0, 0.05) is 12.1 Å². The number of carbonyl (C=O) groups excluding carboxylic acids is 1. The standard InChI is InChI=1S/C14H9ClF3NO/c1-7-2-3-10(15)9(4-7)14(20)19-13-11(17)5-8(16)6-12(13)18/h2-6H,1H3,(H,19,20). The monoisotopic (exact) mass is 299 g/mol. The molecule has 2 aromatic rings. The van der Waals surface area contributed by atoms with Gasteiger partial charge in [0.1, 0.15) is 11.5 Å². The van der Waals surface area contributed by atoms with Crippen molar-refractivity contribution in [1.29, 1.82) is 0 Å².